The molecule has 0 atom stereocenters. The van der Waals surface area contributed by atoms with E-state index in [1.807, 2.05) is 24.5 Å². The first kappa shape index (κ1) is 17.7. The molecule has 2 amide bonds. The number of methoxy groups -OCH3 is 1. The van der Waals surface area contributed by atoms with Gasteiger partial charge in [0.1, 0.15) is 11.5 Å². The van der Waals surface area contributed by atoms with Crippen molar-refractivity contribution in [2.24, 2.45) is 5.73 Å². The maximum Gasteiger partial charge on any atom is 0.262 e. The summed E-state index contributed by atoms with van der Waals surface area (Å²) in [5.41, 5.74) is 6.17. The number of primary amides is 1. The van der Waals surface area contributed by atoms with Gasteiger partial charge in [0.15, 0.2) is 6.61 Å². The number of hydrogen-bond donors (Lipinski definition) is 2. The van der Waals surface area contributed by atoms with Crippen molar-refractivity contribution in [1.29, 1.82) is 0 Å². The topological polar surface area (TPSA) is 90.7 Å². The van der Waals surface area contributed by atoms with E-state index in [1.165, 1.54) is 19.2 Å². The SMILES string of the molecule is COc1ccc(C(N)=O)c(OCC(=O)Nc2cccc(SC)c2)c1. The zero-order valence-corrected chi connectivity index (χ0v) is 14.2. The quantitative estimate of drug-likeness (QED) is 0.752. The molecule has 0 aliphatic heterocycles. The van der Waals surface area contributed by atoms with Crippen LogP contribution in [0.5, 0.6) is 11.5 Å². The molecule has 3 N–H and O–H groups in total. The third-order valence-corrected chi connectivity index (χ3v) is 3.89. The summed E-state index contributed by atoms with van der Waals surface area (Å²) >= 11 is 1.58. The zero-order chi connectivity index (χ0) is 17.5. The molecule has 0 unspecified atom stereocenters. The summed E-state index contributed by atoms with van der Waals surface area (Å²) < 4.78 is 10.5. The van der Waals surface area contributed by atoms with E-state index in [1.54, 1.807) is 23.9 Å². The molecule has 126 valence electrons. The molecule has 0 saturated carbocycles. The largest absolute Gasteiger partial charge is 0.497 e. The highest BCUT2D eigenvalue weighted by Gasteiger charge is 2.13. The van der Waals surface area contributed by atoms with Gasteiger partial charge >= 0.3 is 0 Å². The predicted molar refractivity (Wildman–Crippen MR) is 93.9 cm³/mol. The van der Waals surface area contributed by atoms with Crippen LogP contribution >= 0.6 is 11.8 Å². The van der Waals surface area contributed by atoms with Gasteiger partial charge in [0, 0.05) is 16.6 Å². The molecular weight excluding hydrogens is 328 g/mol. The fraction of sp³-hybridized carbons (Fsp3) is 0.176. The van der Waals surface area contributed by atoms with E-state index in [2.05, 4.69) is 5.32 Å². The number of nitrogens with one attached hydrogen (secondary N) is 1. The van der Waals surface area contributed by atoms with E-state index < -0.39 is 5.91 Å². The summed E-state index contributed by atoms with van der Waals surface area (Å²) in [7, 11) is 1.49. The predicted octanol–water partition coefficient (Wildman–Crippen LogP) is 2.53. The Bertz CT molecular complexity index is 749. The van der Waals surface area contributed by atoms with Crippen molar-refractivity contribution in [3.05, 3.63) is 48.0 Å². The molecule has 0 radical (unpaired) electrons. The monoisotopic (exact) mass is 346 g/mol. The van der Waals surface area contributed by atoms with Gasteiger partial charge in [-0.3, -0.25) is 9.59 Å². The number of thioether (sulfide) groups is 1. The minimum absolute atomic E-state index is 0.188. The Labute approximate surface area is 144 Å². The lowest BCUT2D eigenvalue weighted by Gasteiger charge is -2.11. The Balaban J connectivity index is 2.04. The van der Waals surface area contributed by atoms with Crippen LogP contribution in [0.15, 0.2) is 47.4 Å². The second-order valence-electron chi connectivity index (χ2n) is 4.80. The van der Waals surface area contributed by atoms with E-state index in [9.17, 15) is 9.59 Å². The first-order chi connectivity index (χ1) is 11.5. The lowest BCUT2D eigenvalue weighted by Crippen LogP contribution is -2.21. The summed E-state index contributed by atoms with van der Waals surface area (Å²) in [5.74, 6) is -0.273. The molecule has 2 aromatic rings. The molecule has 0 saturated heterocycles. The first-order valence-corrected chi connectivity index (χ1v) is 8.30. The molecule has 0 aliphatic carbocycles. The molecule has 0 bridgehead atoms. The van der Waals surface area contributed by atoms with Gasteiger partial charge in [-0.05, 0) is 36.6 Å². The second-order valence-corrected chi connectivity index (χ2v) is 5.67. The second kappa shape index (κ2) is 8.26. The van der Waals surface area contributed by atoms with Gasteiger partial charge in [-0.15, -0.1) is 11.8 Å². The zero-order valence-electron chi connectivity index (χ0n) is 13.4. The van der Waals surface area contributed by atoms with Crippen LogP contribution in [0, 0.1) is 0 Å². The average molecular weight is 346 g/mol. The molecule has 0 spiro atoms. The lowest BCUT2D eigenvalue weighted by molar-refractivity contribution is -0.118. The van der Waals surface area contributed by atoms with Crippen molar-refractivity contribution >= 4 is 29.3 Å². The Morgan fingerprint density at radius 1 is 1.21 bits per heavy atom. The minimum atomic E-state index is -0.638. The number of rotatable bonds is 7. The van der Waals surface area contributed by atoms with Crippen LogP contribution in [0.1, 0.15) is 10.4 Å². The van der Waals surface area contributed by atoms with Gasteiger partial charge in [0.2, 0.25) is 0 Å². The molecule has 24 heavy (non-hydrogen) atoms. The minimum Gasteiger partial charge on any atom is -0.497 e. The molecule has 6 nitrogen and oxygen atoms in total. The van der Waals surface area contributed by atoms with Gasteiger partial charge in [0.05, 0.1) is 12.7 Å². The van der Waals surface area contributed by atoms with Crippen LogP contribution in [0.4, 0.5) is 5.69 Å². The summed E-state index contributed by atoms with van der Waals surface area (Å²) in [6.07, 6.45) is 1.96. The summed E-state index contributed by atoms with van der Waals surface area (Å²) in [6.45, 7) is -0.253. The molecule has 7 heteroatoms. The fourth-order valence-electron chi connectivity index (χ4n) is 1.99. The number of carbonyl (C=O) groups excluding carboxylic acids is 2. The highest BCUT2D eigenvalue weighted by molar-refractivity contribution is 7.98. The highest BCUT2D eigenvalue weighted by Crippen LogP contribution is 2.24. The smallest absolute Gasteiger partial charge is 0.262 e. The van der Waals surface area contributed by atoms with Gasteiger partial charge in [0.25, 0.3) is 11.8 Å². The average Bonchev–Trinajstić information content (AvgIpc) is 2.59. The van der Waals surface area contributed by atoms with Gasteiger partial charge < -0.3 is 20.5 Å². The van der Waals surface area contributed by atoms with E-state index in [0.29, 0.717) is 11.4 Å². The first-order valence-electron chi connectivity index (χ1n) is 7.08. The summed E-state index contributed by atoms with van der Waals surface area (Å²) in [5, 5.41) is 2.74. The standard InChI is InChI=1S/C17H18N2O4S/c1-22-12-6-7-14(17(18)21)15(9-12)23-10-16(20)19-11-4-3-5-13(8-11)24-2/h3-9H,10H2,1-2H3,(H2,18,21)(H,19,20). The molecule has 2 rings (SSSR count). The van der Waals surface area contributed by atoms with E-state index in [-0.39, 0.29) is 23.8 Å². The third-order valence-electron chi connectivity index (χ3n) is 3.17. The summed E-state index contributed by atoms with van der Waals surface area (Å²) in [4.78, 5) is 24.5. The highest BCUT2D eigenvalue weighted by atomic mass is 32.2. The molecule has 0 aliphatic rings. The van der Waals surface area contributed by atoms with Crippen LogP contribution in [0.3, 0.4) is 0 Å². The lowest BCUT2D eigenvalue weighted by atomic mass is 10.2. The number of ether oxygens (including phenoxy) is 2. The van der Waals surface area contributed by atoms with Crippen molar-refractivity contribution < 1.29 is 19.1 Å². The molecule has 0 fully saturated rings. The number of nitrogens with two attached hydrogens (primary N) is 1. The van der Waals surface area contributed by atoms with Gasteiger partial charge in [-0.25, -0.2) is 0 Å². The van der Waals surface area contributed by atoms with Crippen LogP contribution < -0.4 is 20.5 Å². The third kappa shape index (κ3) is 4.66. The van der Waals surface area contributed by atoms with Crippen molar-refractivity contribution in [1.82, 2.24) is 0 Å². The summed E-state index contributed by atoms with van der Waals surface area (Å²) in [6, 6.07) is 12.1. The molecule has 2 aromatic carbocycles. The number of hydrogen-bond acceptors (Lipinski definition) is 5. The molecule has 0 heterocycles. The van der Waals surface area contributed by atoms with Crippen molar-refractivity contribution in [3.63, 3.8) is 0 Å². The normalized spacial score (nSPS) is 10.1. The van der Waals surface area contributed by atoms with Crippen molar-refractivity contribution in [2.75, 3.05) is 25.3 Å². The Kier molecular flexibility index (Phi) is 6.08. The number of anilines is 1. The number of benzene rings is 2. The van der Waals surface area contributed by atoms with Gasteiger partial charge in [-0.1, -0.05) is 6.07 Å². The Morgan fingerprint density at radius 2 is 2.00 bits per heavy atom. The fourth-order valence-corrected chi connectivity index (χ4v) is 2.45. The van der Waals surface area contributed by atoms with E-state index >= 15 is 0 Å². The van der Waals surface area contributed by atoms with Crippen LogP contribution in [-0.4, -0.2) is 31.8 Å². The number of amides is 2. The van der Waals surface area contributed by atoms with E-state index in [0.717, 1.165) is 4.90 Å². The maximum absolute atomic E-state index is 12.0. The van der Waals surface area contributed by atoms with Crippen LogP contribution in [-0.2, 0) is 4.79 Å². The molecule has 0 aromatic heterocycles. The van der Waals surface area contributed by atoms with E-state index in [4.69, 9.17) is 15.2 Å². The Hall–Kier alpha value is -2.67. The number of carbonyl (C=O) groups is 2. The van der Waals surface area contributed by atoms with Gasteiger partial charge in [-0.2, -0.15) is 0 Å². The van der Waals surface area contributed by atoms with Crippen molar-refractivity contribution in [3.8, 4) is 11.5 Å². The van der Waals surface area contributed by atoms with Crippen LogP contribution in [0.25, 0.3) is 0 Å². The molecular formula is C17H18N2O4S. The van der Waals surface area contributed by atoms with Crippen molar-refractivity contribution in [2.45, 2.75) is 4.90 Å². The maximum atomic E-state index is 12.0. The Morgan fingerprint density at radius 3 is 2.67 bits per heavy atom. The van der Waals surface area contributed by atoms with Crippen LogP contribution in [0.2, 0.25) is 0 Å².